The van der Waals surface area contributed by atoms with Crippen molar-refractivity contribution in [3.63, 3.8) is 0 Å². The van der Waals surface area contributed by atoms with Gasteiger partial charge in [-0.3, -0.25) is 9.79 Å². The highest BCUT2D eigenvalue weighted by atomic mass is 79.9. The fourth-order valence-electron chi connectivity index (χ4n) is 4.43. The number of halogens is 2. The first-order chi connectivity index (χ1) is 15.3. The van der Waals surface area contributed by atoms with Gasteiger partial charge in [0.15, 0.2) is 0 Å². The van der Waals surface area contributed by atoms with Gasteiger partial charge in [0.2, 0.25) is 0 Å². The summed E-state index contributed by atoms with van der Waals surface area (Å²) in [5.74, 6) is 0.830. The van der Waals surface area contributed by atoms with Gasteiger partial charge in [-0.1, -0.05) is 13.8 Å². The van der Waals surface area contributed by atoms with Crippen LogP contribution in [0.1, 0.15) is 55.7 Å². The van der Waals surface area contributed by atoms with Crippen molar-refractivity contribution in [3.05, 3.63) is 57.6 Å². The molecule has 0 saturated heterocycles. The molecule has 2 aromatic heterocycles. The van der Waals surface area contributed by atoms with Crippen LogP contribution in [0.5, 0.6) is 0 Å². The van der Waals surface area contributed by atoms with Crippen LogP contribution in [0.2, 0.25) is 0 Å². The minimum absolute atomic E-state index is 0.121. The van der Waals surface area contributed by atoms with E-state index in [1.54, 1.807) is 6.07 Å². The van der Waals surface area contributed by atoms with Gasteiger partial charge in [0, 0.05) is 30.7 Å². The molecule has 1 saturated carbocycles. The lowest BCUT2D eigenvalue weighted by Gasteiger charge is -2.27. The summed E-state index contributed by atoms with van der Waals surface area (Å²) < 4.78 is 16.2. The maximum Gasteiger partial charge on any atom is 0.255 e. The zero-order valence-electron chi connectivity index (χ0n) is 18.7. The Hall–Kier alpha value is -2.48. The molecule has 32 heavy (non-hydrogen) atoms. The molecule has 170 valence electrons. The second-order valence-electron chi connectivity index (χ2n) is 8.55. The zero-order chi connectivity index (χ0) is 22.9. The highest BCUT2D eigenvalue weighted by Crippen LogP contribution is 2.45. The number of nitrogens with zero attached hydrogens (tertiary/aromatic N) is 3. The van der Waals surface area contributed by atoms with Crippen LogP contribution in [-0.4, -0.2) is 32.5 Å². The third-order valence-corrected chi connectivity index (χ3v) is 6.88. The van der Waals surface area contributed by atoms with Gasteiger partial charge in [0.1, 0.15) is 17.1 Å². The fourth-order valence-corrected chi connectivity index (χ4v) is 4.97. The van der Waals surface area contributed by atoms with Crippen molar-refractivity contribution in [3.8, 4) is 0 Å². The smallest absolute Gasteiger partial charge is 0.255 e. The topological polar surface area (TPSA) is 75.1 Å². The Labute approximate surface area is 195 Å². The number of aryl methyl sites for hydroxylation is 1. The summed E-state index contributed by atoms with van der Waals surface area (Å²) in [6, 6.07) is 6.29. The quantitative estimate of drug-likeness (QED) is 0.471. The summed E-state index contributed by atoms with van der Waals surface area (Å²) in [4.78, 5) is 25.9. The van der Waals surface area contributed by atoms with Gasteiger partial charge >= 0.3 is 0 Å². The van der Waals surface area contributed by atoms with Crippen molar-refractivity contribution in [1.82, 2.24) is 19.9 Å². The van der Waals surface area contributed by atoms with Gasteiger partial charge in [-0.25, -0.2) is 9.37 Å². The van der Waals surface area contributed by atoms with E-state index in [1.165, 1.54) is 25.0 Å². The van der Waals surface area contributed by atoms with Crippen molar-refractivity contribution < 1.29 is 9.18 Å². The monoisotopic (exact) mass is 501 g/mol. The highest BCUT2D eigenvalue weighted by molar-refractivity contribution is 9.10. The van der Waals surface area contributed by atoms with Gasteiger partial charge in [0.05, 0.1) is 22.1 Å². The number of hydrogen-bond donors (Lipinski definition) is 2. The third kappa shape index (κ3) is 4.65. The Morgan fingerprint density at radius 1 is 1.34 bits per heavy atom. The maximum absolute atomic E-state index is 13.4. The van der Waals surface area contributed by atoms with Crippen molar-refractivity contribution in [2.24, 2.45) is 18.0 Å². The molecule has 0 spiro atoms. The predicted octanol–water partition coefficient (Wildman–Crippen LogP) is 4.65. The SMILES string of the molecule is CCC(CC)(N=c1c(C(=O)NCCc2nc3ccc(F)cc3[nH]2)cc(Br)cn1C)C1CC1. The van der Waals surface area contributed by atoms with Gasteiger partial charge in [0.25, 0.3) is 5.91 Å². The summed E-state index contributed by atoms with van der Waals surface area (Å²) in [5, 5.41) is 3.00. The van der Waals surface area contributed by atoms with E-state index in [2.05, 4.69) is 45.1 Å². The Morgan fingerprint density at radius 2 is 2.09 bits per heavy atom. The first kappa shape index (κ1) is 22.7. The molecule has 0 radical (unpaired) electrons. The summed E-state index contributed by atoms with van der Waals surface area (Å²) in [6.07, 6.45) is 6.77. The van der Waals surface area contributed by atoms with Crippen LogP contribution < -0.4 is 10.8 Å². The average Bonchev–Trinajstić information content (AvgIpc) is 3.54. The number of aromatic nitrogens is 3. The second-order valence-corrected chi connectivity index (χ2v) is 9.47. The average molecular weight is 502 g/mol. The number of carbonyl (C=O) groups is 1. The first-order valence-corrected chi connectivity index (χ1v) is 12.0. The highest BCUT2D eigenvalue weighted by Gasteiger charge is 2.42. The zero-order valence-corrected chi connectivity index (χ0v) is 20.3. The number of carbonyl (C=O) groups excluding carboxylic acids is 1. The number of imidazole rings is 1. The molecular weight excluding hydrogens is 473 g/mol. The van der Waals surface area contributed by atoms with Crippen molar-refractivity contribution in [2.75, 3.05) is 6.54 Å². The molecular formula is C24H29BrFN5O. The molecule has 1 aromatic carbocycles. The Balaban J connectivity index is 1.55. The maximum atomic E-state index is 13.4. The molecule has 8 heteroatoms. The van der Waals surface area contributed by atoms with E-state index in [-0.39, 0.29) is 17.3 Å². The van der Waals surface area contributed by atoms with Crippen LogP contribution in [0.25, 0.3) is 11.0 Å². The predicted molar refractivity (Wildman–Crippen MR) is 127 cm³/mol. The number of fused-ring (bicyclic) bond motifs is 1. The number of hydrogen-bond acceptors (Lipinski definition) is 3. The van der Waals surface area contributed by atoms with E-state index < -0.39 is 0 Å². The van der Waals surface area contributed by atoms with Crippen LogP contribution in [0.4, 0.5) is 4.39 Å². The molecule has 6 nitrogen and oxygen atoms in total. The lowest BCUT2D eigenvalue weighted by Crippen LogP contribution is -2.38. The Kier molecular flexibility index (Phi) is 6.51. The molecule has 0 unspecified atom stereocenters. The molecule has 0 aliphatic heterocycles. The van der Waals surface area contributed by atoms with Crippen LogP contribution in [-0.2, 0) is 13.5 Å². The molecule has 3 aromatic rings. The van der Waals surface area contributed by atoms with Crippen molar-refractivity contribution in [2.45, 2.75) is 51.5 Å². The molecule has 0 bridgehead atoms. The number of nitrogens with one attached hydrogen (secondary N) is 2. The molecule has 2 N–H and O–H groups in total. The minimum atomic E-state index is -0.304. The van der Waals surface area contributed by atoms with Gasteiger partial charge in [-0.05, 0) is 71.8 Å². The number of rotatable bonds is 8. The van der Waals surface area contributed by atoms with Gasteiger partial charge in [-0.15, -0.1) is 0 Å². The van der Waals surface area contributed by atoms with Gasteiger partial charge in [-0.2, -0.15) is 0 Å². The largest absolute Gasteiger partial charge is 0.351 e. The molecule has 4 rings (SSSR count). The number of aromatic amines is 1. The van der Waals surface area contributed by atoms with Crippen molar-refractivity contribution in [1.29, 1.82) is 0 Å². The summed E-state index contributed by atoms with van der Waals surface area (Å²) in [5.41, 5.74) is 2.51. The van der Waals surface area contributed by atoms with Crippen molar-refractivity contribution >= 4 is 32.9 Å². The summed E-state index contributed by atoms with van der Waals surface area (Å²) in [6.45, 7) is 4.78. The third-order valence-electron chi connectivity index (χ3n) is 6.45. The molecule has 0 atom stereocenters. The van der Waals surface area contributed by atoms with E-state index in [4.69, 9.17) is 4.99 Å². The normalized spacial score (nSPS) is 14.8. The fraction of sp³-hybridized carbons (Fsp3) is 0.458. The molecule has 1 amide bonds. The second kappa shape index (κ2) is 9.17. The number of benzene rings is 1. The molecule has 1 aliphatic rings. The lowest BCUT2D eigenvalue weighted by atomic mass is 9.88. The molecule has 1 fully saturated rings. The molecule has 1 aliphatic carbocycles. The standard InChI is InChI=1S/C24H29BrFN5O/c1-4-24(5-2,15-6-7-15)30-22-18(12-16(25)14-31(22)3)23(32)27-11-10-21-28-19-9-8-17(26)13-20(19)29-21/h8-9,12-15H,4-7,10-11H2,1-3H3,(H,27,32)(H,28,29). The summed E-state index contributed by atoms with van der Waals surface area (Å²) in [7, 11) is 1.93. The van der Waals surface area contributed by atoms with Crippen LogP contribution in [0.15, 0.2) is 39.9 Å². The first-order valence-electron chi connectivity index (χ1n) is 11.2. The Bertz CT molecular complexity index is 1210. The molecule has 2 heterocycles. The van der Waals surface area contributed by atoms with E-state index >= 15 is 0 Å². The van der Waals surface area contributed by atoms with E-state index in [9.17, 15) is 9.18 Å². The minimum Gasteiger partial charge on any atom is -0.351 e. The van der Waals surface area contributed by atoms with Crippen LogP contribution in [0.3, 0.4) is 0 Å². The van der Waals surface area contributed by atoms with E-state index in [0.29, 0.717) is 46.8 Å². The lowest BCUT2D eigenvalue weighted by molar-refractivity contribution is 0.0951. The van der Waals surface area contributed by atoms with Crippen LogP contribution in [0, 0.1) is 11.7 Å². The summed E-state index contributed by atoms with van der Waals surface area (Å²) >= 11 is 3.51. The Morgan fingerprint density at radius 3 is 2.78 bits per heavy atom. The van der Waals surface area contributed by atoms with Crippen LogP contribution >= 0.6 is 15.9 Å². The van der Waals surface area contributed by atoms with Gasteiger partial charge < -0.3 is 14.9 Å². The number of amides is 1. The number of pyridine rings is 1. The van der Waals surface area contributed by atoms with E-state index in [1.807, 2.05) is 23.9 Å². The van der Waals surface area contributed by atoms with E-state index in [0.717, 1.165) is 17.3 Å². The number of H-pyrrole nitrogens is 1.